The van der Waals surface area contributed by atoms with Crippen molar-refractivity contribution in [3.8, 4) is 11.1 Å². The molecule has 3 aromatic rings. The lowest BCUT2D eigenvalue weighted by Crippen LogP contribution is -2.13. The first-order chi connectivity index (χ1) is 14.6. The number of nitrogens with two attached hydrogens (primary N) is 1. The van der Waals surface area contributed by atoms with Gasteiger partial charge in [0, 0.05) is 12.0 Å². The van der Waals surface area contributed by atoms with E-state index in [9.17, 15) is 9.59 Å². The summed E-state index contributed by atoms with van der Waals surface area (Å²) >= 11 is 0. The van der Waals surface area contributed by atoms with Crippen LogP contribution >= 0.6 is 0 Å². The number of ether oxygens (including phenoxy) is 1. The molecule has 0 aliphatic rings. The molecule has 0 saturated carbocycles. The second kappa shape index (κ2) is 10.3. The summed E-state index contributed by atoms with van der Waals surface area (Å²) in [7, 11) is 0. The Morgan fingerprint density at radius 1 is 0.933 bits per heavy atom. The van der Waals surface area contributed by atoms with Crippen LogP contribution in [0.15, 0.2) is 72.8 Å². The van der Waals surface area contributed by atoms with Crippen LogP contribution in [0.4, 0.5) is 11.4 Å². The van der Waals surface area contributed by atoms with Gasteiger partial charge in [-0.1, -0.05) is 55.5 Å². The summed E-state index contributed by atoms with van der Waals surface area (Å²) in [5.41, 5.74) is 10.7. The number of carbonyl (C=O) groups is 2. The molecule has 0 unspecified atom stereocenters. The quantitative estimate of drug-likeness (QED) is 0.407. The fraction of sp³-hybridized carbons (Fsp3) is 0.200. The summed E-state index contributed by atoms with van der Waals surface area (Å²) in [5.74, 6) is -0.437. The molecule has 0 spiro atoms. The van der Waals surface area contributed by atoms with Gasteiger partial charge in [-0.15, -0.1) is 0 Å². The van der Waals surface area contributed by atoms with Crippen molar-refractivity contribution in [2.75, 3.05) is 17.7 Å². The molecule has 0 aromatic heterocycles. The molecule has 3 rings (SSSR count). The highest BCUT2D eigenvalue weighted by Crippen LogP contribution is 2.27. The highest BCUT2D eigenvalue weighted by molar-refractivity contribution is 6.06. The summed E-state index contributed by atoms with van der Waals surface area (Å²) in [6.45, 7) is 2.41. The Balaban J connectivity index is 1.64. The number of rotatable bonds is 8. The molecule has 3 aromatic carbocycles. The van der Waals surface area contributed by atoms with Crippen molar-refractivity contribution in [3.63, 3.8) is 0 Å². The maximum absolute atomic E-state index is 12.7. The number of esters is 1. The van der Waals surface area contributed by atoms with Crippen molar-refractivity contribution in [1.82, 2.24) is 0 Å². The number of aryl methyl sites for hydroxylation is 1. The Morgan fingerprint density at radius 3 is 2.37 bits per heavy atom. The number of amides is 1. The van der Waals surface area contributed by atoms with Crippen LogP contribution in [0.2, 0.25) is 0 Å². The smallest absolute Gasteiger partial charge is 0.306 e. The molecule has 0 saturated heterocycles. The Labute approximate surface area is 176 Å². The fourth-order valence-electron chi connectivity index (χ4n) is 3.03. The molecule has 154 valence electrons. The standard InChI is InChI=1S/C25H26N2O3/c1-2-16-30-24(28)15-10-18-8-11-20(12-9-18)25(29)27-23-17-21(13-14-22(23)26)19-6-4-3-5-7-19/h3-9,11-14,17H,2,10,15-16,26H2,1H3,(H,27,29). The van der Waals surface area contributed by atoms with E-state index in [-0.39, 0.29) is 11.9 Å². The summed E-state index contributed by atoms with van der Waals surface area (Å²) in [6, 6.07) is 22.7. The maximum Gasteiger partial charge on any atom is 0.306 e. The monoisotopic (exact) mass is 402 g/mol. The minimum atomic E-state index is -0.235. The van der Waals surface area contributed by atoms with Crippen LogP contribution in [-0.4, -0.2) is 18.5 Å². The van der Waals surface area contributed by atoms with Crippen LogP contribution in [-0.2, 0) is 16.0 Å². The summed E-state index contributed by atoms with van der Waals surface area (Å²) < 4.78 is 5.08. The van der Waals surface area contributed by atoms with Gasteiger partial charge in [-0.2, -0.15) is 0 Å². The molecular formula is C25H26N2O3. The molecule has 0 bridgehead atoms. The van der Waals surface area contributed by atoms with Crippen molar-refractivity contribution < 1.29 is 14.3 Å². The molecule has 0 heterocycles. The topological polar surface area (TPSA) is 81.4 Å². The van der Waals surface area contributed by atoms with E-state index in [1.54, 1.807) is 18.2 Å². The van der Waals surface area contributed by atoms with E-state index in [4.69, 9.17) is 10.5 Å². The lowest BCUT2D eigenvalue weighted by Gasteiger charge is -2.11. The van der Waals surface area contributed by atoms with E-state index in [1.807, 2.05) is 61.5 Å². The molecular weight excluding hydrogens is 376 g/mol. The van der Waals surface area contributed by atoms with Gasteiger partial charge in [0.2, 0.25) is 0 Å². The molecule has 1 amide bonds. The normalized spacial score (nSPS) is 10.4. The maximum atomic E-state index is 12.7. The van der Waals surface area contributed by atoms with E-state index in [0.29, 0.717) is 36.4 Å². The van der Waals surface area contributed by atoms with Crippen molar-refractivity contribution in [2.24, 2.45) is 0 Å². The third-order valence-corrected chi connectivity index (χ3v) is 4.71. The highest BCUT2D eigenvalue weighted by atomic mass is 16.5. The van der Waals surface area contributed by atoms with Gasteiger partial charge >= 0.3 is 5.97 Å². The zero-order valence-electron chi connectivity index (χ0n) is 17.1. The molecule has 3 N–H and O–H groups in total. The van der Waals surface area contributed by atoms with Crippen molar-refractivity contribution in [1.29, 1.82) is 0 Å². The van der Waals surface area contributed by atoms with Gasteiger partial charge in [0.25, 0.3) is 5.91 Å². The number of nitrogen functional groups attached to an aromatic ring is 1. The van der Waals surface area contributed by atoms with Crippen LogP contribution in [0.1, 0.15) is 35.7 Å². The Morgan fingerprint density at radius 2 is 1.67 bits per heavy atom. The molecule has 0 aliphatic carbocycles. The number of nitrogens with one attached hydrogen (secondary N) is 1. The summed E-state index contributed by atoms with van der Waals surface area (Å²) in [4.78, 5) is 24.3. The zero-order chi connectivity index (χ0) is 21.3. The molecule has 0 atom stereocenters. The van der Waals surface area contributed by atoms with Crippen molar-refractivity contribution in [3.05, 3.63) is 83.9 Å². The largest absolute Gasteiger partial charge is 0.466 e. The zero-order valence-corrected chi connectivity index (χ0v) is 17.1. The van der Waals surface area contributed by atoms with Crippen LogP contribution in [0.25, 0.3) is 11.1 Å². The molecule has 0 fully saturated rings. The van der Waals surface area contributed by atoms with E-state index < -0.39 is 0 Å². The number of hydrogen-bond acceptors (Lipinski definition) is 4. The van der Waals surface area contributed by atoms with Crippen LogP contribution in [0.3, 0.4) is 0 Å². The molecule has 5 heteroatoms. The van der Waals surface area contributed by atoms with Gasteiger partial charge in [0.05, 0.1) is 18.0 Å². The minimum absolute atomic E-state index is 0.201. The first-order valence-corrected chi connectivity index (χ1v) is 10.1. The second-order valence-corrected chi connectivity index (χ2v) is 7.04. The van der Waals surface area contributed by atoms with Gasteiger partial charge in [0.15, 0.2) is 0 Å². The van der Waals surface area contributed by atoms with Gasteiger partial charge in [-0.3, -0.25) is 9.59 Å². The molecule has 30 heavy (non-hydrogen) atoms. The Kier molecular flexibility index (Phi) is 7.22. The molecule has 5 nitrogen and oxygen atoms in total. The first-order valence-electron chi connectivity index (χ1n) is 10.1. The molecule has 0 radical (unpaired) electrons. The third-order valence-electron chi connectivity index (χ3n) is 4.71. The Bertz CT molecular complexity index is 999. The van der Waals surface area contributed by atoms with Gasteiger partial charge in [-0.05, 0) is 53.8 Å². The van der Waals surface area contributed by atoms with E-state index >= 15 is 0 Å². The van der Waals surface area contributed by atoms with E-state index in [0.717, 1.165) is 23.1 Å². The predicted octanol–water partition coefficient (Wildman–Crippen LogP) is 5.07. The average Bonchev–Trinajstić information content (AvgIpc) is 2.78. The van der Waals surface area contributed by atoms with Gasteiger partial charge < -0.3 is 15.8 Å². The lowest BCUT2D eigenvalue weighted by molar-refractivity contribution is -0.143. The van der Waals surface area contributed by atoms with Crippen molar-refractivity contribution in [2.45, 2.75) is 26.2 Å². The fourth-order valence-corrected chi connectivity index (χ4v) is 3.03. The highest BCUT2D eigenvalue weighted by Gasteiger charge is 2.10. The average molecular weight is 402 g/mol. The van der Waals surface area contributed by atoms with Crippen molar-refractivity contribution >= 4 is 23.3 Å². The number of hydrogen-bond donors (Lipinski definition) is 2. The SMILES string of the molecule is CCCOC(=O)CCc1ccc(C(=O)Nc2cc(-c3ccccc3)ccc2N)cc1. The van der Waals surface area contributed by atoms with Crippen LogP contribution in [0, 0.1) is 0 Å². The lowest BCUT2D eigenvalue weighted by atomic mass is 10.0. The van der Waals surface area contributed by atoms with E-state index in [2.05, 4.69) is 5.32 Å². The summed E-state index contributed by atoms with van der Waals surface area (Å²) in [5, 5.41) is 2.89. The van der Waals surface area contributed by atoms with E-state index in [1.165, 1.54) is 0 Å². The number of carbonyl (C=O) groups excluding carboxylic acids is 2. The first kappa shape index (κ1) is 21.1. The van der Waals surface area contributed by atoms with Gasteiger partial charge in [0.1, 0.15) is 0 Å². The predicted molar refractivity (Wildman–Crippen MR) is 120 cm³/mol. The second-order valence-electron chi connectivity index (χ2n) is 7.04. The van der Waals surface area contributed by atoms with Crippen LogP contribution in [0.5, 0.6) is 0 Å². The Hall–Kier alpha value is -3.60. The summed E-state index contributed by atoms with van der Waals surface area (Å²) in [6.07, 6.45) is 1.72. The van der Waals surface area contributed by atoms with Gasteiger partial charge in [-0.25, -0.2) is 0 Å². The third kappa shape index (κ3) is 5.70. The number of benzene rings is 3. The van der Waals surface area contributed by atoms with Crippen LogP contribution < -0.4 is 11.1 Å². The molecule has 0 aliphatic heterocycles. The number of anilines is 2. The minimum Gasteiger partial charge on any atom is -0.466 e.